The van der Waals surface area contributed by atoms with Crippen LogP contribution in [0.2, 0.25) is 0 Å². The van der Waals surface area contributed by atoms with Crippen molar-refractivity contribution in [3.8, 4) is 0 Å². The number of nitrogens with zero attached hydrogens (tertiary/aromatic N) is 2. The second kappa shape index (κ2) is 4.38. The van der Waals surface area contributed by atoms with E-state index in [1.165, 1.54) is 11.1 Å². The normalized spacial score (nSPS) is 31.6. The summed E-state index contributed by atoms with van der Waals surface area (Å²) in [5.41, 5.74) is 2.72. The van der Waals surface area contributed by atoms with Crippen LogP contribution in [-0.2, 0) is 18.4 Å². The molecule has 1 heterocycles. The fourth-order valence-corrected chi connectivity index (χ4v) is 4.10. The van der Waals surface area contributed by atoms with Crippen LogP contribution in [0.4, 0.5) is 0 Å². The Morgan fingerprint density at radius 3 is 2.20 bits per heavy atom. The van der Waals surface area contributed by atoms with E-state index in [2.05, 4.69) is 34.2 Å². The first-order valence-electron chi connectivity index (χ1n) is 7.34. The quantitative estimate of drug-likeness (QED) is 0.862. The summed E-state index contributed by atoms with van der Waals surface area (Å²) >= 11 is 0. The van der Waals surface area contributed by atoms with E-state index < -0.39 is 5.60 Å². The van der Waals surface area contributed by atoms with Gasteiger partial charge in [-0.15, -0.1) is 0 Å². The second-order valence-electron chi connectivity index (χ2n) is 6.06. The zero-order valence-electron chi connectivity index (χ0n) is 11.4. The molecule has 1 fully saturated rings. The van der Waals surface area contributed by atoms with Gasteiger partial charge in [-0.2, -0.15) is 0 Å². The van der Waals surface area contributed by atoms with Crippen LogP contribution in [0.5, 0.6) is 0 Å². The van der Waals surface area contributed by atoms with Gasteiger partial charge in [0, 0.05) is 12.4 Å². The molecule has 1 saturated carbocycles. The van der Waals surface area contributed by atoms with Gasteiger partial charge in [0.1, 0.15) is 5.60 Å². The van der Waals surface area contributed by atoms with Crippen LogP contribution in [0, 0.1) is 11.8 Å². The Labute approximate surface area is 118 Å². The van der Waals surface area contributed by atoms with Crippen molar-refractivity contribution in [1.29, 1.82) is 0 Å². The molecule has 2 aliphatic rings. The van der Waals surface area contributed by atoms with Gasteiger partial charge in [-0.05, 0) is 48.6 Å². The molecule has 0 radical (unpaired) electrons. The zero-order valence-corrected chi connectivity index (χ0v) is 11.4. The summed E-state index contributed by atoms with van der Waals surface area (Å²) in [6, 6.07) is 8.60. The second-order valence-corrected chi connectivity index (χ2v) is 6.06. The number of hydrogen-bond acceptors (Lipinski definition) is 3. The Bertz CT molecular complexity index is 593. The Morgan fingerprint density at radius 1 is 1.00 bits per heavy atom. The van der Waals surface area contributed by atoms with Gasteiger partial charge in [0.2, 0.25) is 0 Å². The first-order chi connectivity index (χ1) is 9.78. The SMILES string of the molecule is OC1(c2cnccn2)C2CCC1Cc1ccccc1C2. The molecule has 1 aromatic carbocycles. The van der Waals surface area contributed by atoms with E-state index in [1.807, 2.05) is 0 Å². The van der Waals surface area contributed by atoms with Crippen molar-refractivity contribution in [2.45, 2.75) is 31.3 Å². The molecule has 20 heavy (non-hydrogen) atoms. The number of aliphatic hydroxyl groups is 1. The van der Waals surface area contributed by atoms with Gasteiger partial charge in [-0.3, -0.25) is 9.97 Å². The van der Waals surface area contributed by atoms with Gasteiger partial charge in [0.05, 0.1) is 11.9 Å². The van der Waals surface area contributed by atoms with E-state index in [9.17, 15) is 5.11 Å². The Balaban J connectivity index is 1.81. The summed E-state index contributed by atoms with van der Waals surface area (Å²) in [7, 11) is 0. The molecule has 102 valence electrons. The van der Waals surface area contributed by atoms with Crippen LogP contribution in [-0.4, -0.2) is 15.1 Å². The predicted octanol–water partition coefficient (Wildman–Crippen LogP) is 2.49. The molecule has 0 spiro atoms. The molecule has 2 atom stereocenters. The molecular formula is C17H18N2O. The minimum absolute atomic E-state index is 0.257. The number of hydrogen-bond donors (Lipinski definition) is 1. The molecule has 0 aliphatic heterocycles. The average Bonchev–Trinajstić information content (AvgIpc) is 2.72. The van der Waals surface area contributed by atoms with Crippen LogP contribution in [0.1, 0.15) is 29.7 Å². The highest BCUT2D eigenvalue weighted by molar-refractivity contribution is 5.33. The standard InChI is InChI=1S/C17H18N2O/c20-17(16-11-18-7-8-19-16)14-5-6-15(17)10-13-4-2-1-3-12(13)9-14/h1-4,7-8,11,14-15,20H,5-6,9-10H2. The molecule has 0 amide bonds. The lowest BCUT2D eigenvalue weighted by Gasteiger charge is -2.32. The van der Waals surface area contributed by atoms with E-state index in [0.717, 1.165) is 31.4 Å². The van der Waals surface area contributed by atoms with Crippen molar-refractivity contribution in [1.82, 2.24) is 9.97 Å². The molecule has 2 unspecified atom stereocenters. The minimum atomic E-state index is -0.812. The summed E-state index contributed by atoms with van der Waals surface area (Å²) < 4.78 is 0. The molecule has 1 N–H and O–H groups in total. The third-order valence-electron chi connectivity index (χ3n) is 5.13. The molecule has 2 aromatic rings. The van der Waals surface area contributed by atoms with Gasteiger partial charge in [-0.1, -0.05) is 24.3 Å². The topological polar surface area (TPSA) is 46.0 Å². The molecule has 4 rings (SSSR count). The molecule has 3 nitrogen and oxygen atoms in total. The molecular weight excluding hydrogens is 248 g/mol. The maximum Gasteiger partial charge on any atom is 0.114 e. The fourth-order valence-electron chi connectivity index (χ4n) is 4.10. The van der Waals surface area contributed by atoms with E-state index in [4.69, 9.17) is 0 Å². The lowest BCUT2D eigenvalue weighted by atomic mass is 9.80. The van der Waals surface area contributed by atoms with Gasteiger partial charge >= 0.3 is 0 Å². The van der Waals surface area contributed by atoms with Crippen LogP contribution >= 0.6 is 0 Å². The van der Waals surface area contributed by atoms with E-state index >= 15 is 0 Å². The molecule has 1 aromatic heterocycles. The van der Waals surface area contributed by atoms with Crippen LogP contribution < -0.4 is 0 Å². The summed E-state index contributed by atoms with van der Waals surface area (Å²) in [5, 5.41) is 11.4. The number of rotatable bonds is 1. The van der Waals surface area contributed by atoms with Crippen molar-refractivity contribution >= 4 is 0 Å². The Morgan fingerprint density at radius 2 is 1.65 bits per heavy atom. The van der Waals surface area contributed by atoms with Crippen molar-refractivity contribution in [3.05, 3.63) is 59.7 Å². The van der Waals surface area contributed by atoms with Gasteiger partial charge in [0.25, 0.3) is 0 Å². The predicted molar refractivity (Wildman–Crippen MR) is 76.0 cm³/mol. The lowest BCUT2D eigenvalue weighted by molar-refractivity contribution is -0.0436. The smallest absolute Gasteiger partial charge is 0.114 e. The fraction of sp³-hybridized carbons (Fsp3) is 0.412. The molecule has 2 aliphatic carbocycles. The van der Waals surface area contributed by atoms with Crippen LogP contribution in [0.25, 0.3) is 0 Å². The van der Waals surface area contributed by atoms with Crippen LogP contribution in [0.3, 0.4) is 0 Å². The van der Waals surface area contributed by atoms with Gasteiger partial charge in [0.15, 0.2) is 0 Å². The third-order valence-corrected chi connectivity index (χ3v) is 5.13. The third kappa shape index (κ3) is 1.63. The molecule has 3 heteroatoms. The van der Waals surface area contributed by atoms with Crippen molar-refractivity contribution in [3.63, 3.8) is 0 Å². The molecule has 2 bridgehead atoms. The van der Waals surface area contributed by atoms with Crippen LogP contribution in [0.15, 0.2) is 42.9 Å². The summed E-state index contributed by atoms with van der Waals surface area (Å²) in [5.74, 6) is 0.515. The Kier molecular flexibility index (Phi) is 2.64. The summed E-state index contributed by atoms with van der Waals surface area (Å²) in [4.78, 5) is 8.57. The van der Waals surface area contributed by atoms with Crippen molar-refractivity contribution in [2.75, 3.05) is 0 Å². The van der Waals surface area contributed by atoms with Gasteiger partial charge < -0.3 is 5.11 Å². The highest BCUT2D eigenvalue weighted by atomic mass is 16.3. The van der Waals surface area contributed by atoms with Crippen molar-refractivity contribution < 1.29 is 5.11 Å². The first kappa shape index (κ1) is 12.0. The summed E-state index contributed by atoms with van der Waals surface area (Å²) in [6.45, 7) is 0. The van der Waals surface area contributed by atoms with Crippen molar-refractivity contribution in [2.24, 2.45) is 11.8 Å². The van der Waals surface area contributed by atoms with E-state index in [0.29, 0.717) is 0 Å². The zero-order chi connectivity index (χ0) is 13.6. The lowest BCUT2D eigenvalue weighted by Crippen LogP contribution is -2.38. The average molecular weight is 266 g/mol. The largest absolute Gasteiger partial charge is 0.383 e. The minimum Gasteiger partial charge on any atom is -0.383 e. The maximum atomic E-state index is 11.4. The number of benzene rings is 1. The first-order valence-corrected chi connectivity index (χ1v) is 7.34. The van der Waals surface area contributed by atoms with E-state index in [1.54, 1.807) is 18.6 Å². The highest BCUT2D eigenvalue weighted by Crippen LogP contribution is 2.51. The number of aromatic nitrogens is 2. The molecule has 0 saturated heterocycles. The number of fused-ring (bicyclic) bond motifs is 3. The Hall–Kier alpha value is -1.74. The maximum absolute atomic E-state index is 11.4. The van der Waals surface area contributed by atoms with Gasteiger partial charge in [-0.25, -0.2) is 0 Å². The summed E-state index contributed by atoms with van der Waals surface area (Å²) in [6.07, 6.45) is 9.13. The monoisotopic (exact) mass is 266 g/mol. The highest BCUT2D eigenvalue weighted by Gasteiger charge is 2.52. The van der Waals surface area contributed by atoms with E-state index in [-0.39, 0.29) is 11.8 Å².